The van der Waals surface area contributed by atoms with Gasteiger partial charge in [-0.2, -0.15) is 5.10 Å². The van der Waals surface area contributed by atoms with Gasteiger partial charge in [0.2, 0.25) is 10.0 Å². The molecule has 9 heteroatoms. The van der Waals surface area contributed by atoms with Crippen molar-refractivity contribution in [1.82, 2.24) is 14.5 Å². The number of nitrogens with zero attached hydrogens (tertiary/aromatic N) is 3. The van der Waals surface area contributed by atoms with Crippen LogP contribution in [0.4, 0.5) is 5.69 Å². The summed E-state index contributed by atoms with van der Waals surface area (Å²) < 4.78 is 28.8. The molecule has 0 saturated carbocycles. The SMILES string of the molecule is O=[N+]([O-])c1cccc(S(=O)(=O)NCCn2ncc3c2CCCC3)c1. The number of non-ortho nitro benzene ring substituents is 1. The standard InChI is InChI=1S/C15H18N4O4S/c20-19(21)13-5-3-6-14(10-13)24(22,23)17-8-9-18-15-7-2-1-4-12(15)11-16-18/h3,5-6,10-11,17H,1-2,4,7-9H2. The average molecular weight is 350 g/mol. The summed E-state index contributed by atoms with van der Waals surface area (Å²) in [4.78, 5) is 10.0. The van der Waals surface area contributed by atoms with E-state index in [9.17, 15) is 18.5 Å². The molecule has 1 N–H and O–H groups in total. The van der Waals surface area contributed by atoms with E-state index in [4.69, 9.17) is 0 Å². The first-order valence-electron chi connectivity index (χ1n) is 7.75. The number of nitrogens with one attached hydrogen (secondary N) is 1. The van der Waals surface area contributed by atoms with E-state index < -0.39 is 14.9 Å². The minimum Gasteiger partial charge on any atom is -0.268 e. The van der Waals surface area contributed by atoms with Crippen molar-refractivity contribution in [3.8, 4) is 0 Å². The second kappa shape index (κ2) is 6.70. The molecule has 1 aliphatic carbocycles. The van der Waals surface area contributed by atoms with Crippen molar-refractivity contribution in [2.24, 2.45) is 0 Å². The molecule has 128 valence electrons. The summed E-state index contributed by atoms with van der Waals surface area (Å²) >= 11 is 0. The van der Waals surface area contributed by atoms with Crippen molar-refractivity contribution < 1.29 is 13.3 Å². The topological polar surface area (TPSA) is 107 Å². The van der Waals surface area contributed by atoms with E-state index in [1.807, 2.05) is 10.9 Å². The number of hydrogen-bond acceptors (Lipinski definition) is 5. The molecule has 0 spiro atoms. The van der Waals surface area contributed by atoms with E-state index in [1.54, 1.807) is 0 Å². The van der Waals surface area contributed by atoms with Gasteiger partial charge in [0.1, 0.15) is 0 Å². The van der Waals surface area contributed by atoms with E-state index in [-0.39, 0.29) is 17.1 Å². The zero-order chi connectivity index (χ0) is 17.2. The fourth-order valence-corrected chi connectivity index (χ4v) is 3.94. The van der Waals surface area contributed by atoms with Crippen molar-refractivity contribution in [2.45, 2.75) is 37.1 Å². The zero-order valence-corrected chi connectivity index (χ0v) is 13.8. The van der Waals surface area contributed by atoms with Crippen molar-refractivity contribution >= 4 is 15.7 Å². The molecule has 3 rings (SSSR count). The van der Waals surface area contributed by atoms with Crippen LogP contribution in [0.3, 0.4) is 0 Å². The van der Waals surface area contributed by atoms with E-state index in [0.717, 1.165) is 31.7 Å². The van der Waals surface area contributed by atoms with Gasteiger partial charge in [0.15, 0.2) is 0 Å². The molecule has 0 aliphatic heterocycles. The molecule has 1 aromatic heterocycles. The third-order valence-corrected chi connectivity index (χ3v) is 5.56. The molecule has 0 atom stereocenters. The van der Waals surface area contributed by atoms with Crippen LogP contribution in [-0.4, -0.2) is 29.7 Å². The largest absolute Gasteiger partial charge is 0.270 e. The van der Waals surface area contributed by atoms with Gasteiger partial charge in [0, 0.05) is 24.4 Å². The Morgan fingerprint density at radius 3 is 2.88 bits per heavy atom. The van der Waals surface area contributed by atoms with Crippen LogP contribution in [-0.2, 0) is 29.4 Å². The maximum absolute atomic E-state index is 12.3. The molecule has 1 aliphatic rings. The highest BCUT2D eigenvalue weighted by Gasteiger charge is 2.18. The quantitative estimate of drug-likeness (QED) is 0.629. The first-order chi connectivity index (χ1) is 11.5. The molecule has 0 amide bonds. The summed E-state index contributed by atoms with van der Waals surface area (Å²) in [7, 11) is -3.79. The van der Waals surface area contributed by atoms with Crippen LogP contribution in [0.2, 0.25) is 0 Å². The molecule has 24 heavy (non-hydrogen) atoms. The minimum atomic E-state index is -3.79. The molecule has 0 radical (unpaired) electrons. The second-order valence-electron chi connectivity index (χ2n) is 5.70. The van der Waals surface area contributed by atoms with Gasteiger partial charge < -0.3 is 0 Å². The van der Waals surface area contributed by atoms with E-state index >= 15 is 0 Å². The summed E-state index contributed by atoms with van der Waals surface area (Å²) in [5.74, 6) is 0. The highest BCUT2D eigenvalue weighted by Crippen LogP contribution is 2.20. The zero-order valence-electron chi connectivity index (χ0n) is 13.0. The van der Waals surface area contributed by atoms with Crippen LogP contribution in [0.25, 0.3) is 0 Å². The number of nitro groups is 1. The van der Waals surface area contributed by atoms with Gasteiger partial charge in [0.05, 0.1) is 22.6 Å². The fourth-order valence-electron chi connectivity index (χ4n) is 2.88. The summed E-state index contributed by atoms with van der Waals surface area (Å²) in [5.41, 5.74) is 2.16. The van der Waals surface area contributed by atoms with Crippen LogP contribution in [0.5, 0.6) is 0 Å². The Morgan fingerprint density at radius 2 is 2.08 bits per heavy atom. The first kappa shape index (κ1) is 16.6. The van der Waals surface area contributed by atoms with Crippen molar-refractivity contribution in [3.63, 3.8) is 0 Å². The van der Waals surface area contributed by atoms with Gasteiger partial charge in [-0.3, -0.25) is 14.8 Å². The lowest BCUT2D eigenvalue weighted by Crippen LogP contribution is -2.28. The first-order valence-corrected chi connectivity index (χ1v) is 9.23. The van der Waals surface area contributed by atoms with E-state index in [1.165, 1.54) is 29.5 Å². The number of hydrogen-bond donors (Lipinski definition) is 1. The average Bonchev–Trinajstić information content (AvgIpc) is 2.98. The van der Waals surface area contributed by atoms with Crippen LogP contribution >= 0.6 is 0 Å². The summed E-state index contributed by atoms with van der Waals surface area (Å²) in [6, 6.07) is 5.01. The molecule has 1 aromatic carbocycles. The van der Waals surface area contributed by atoms with Gasteiger partial charge >= 0.3 is 0 Å². The van der Waals surface area contributed by atoms with Crippen LogP contribution in [0, 0.1) is 10.1 Å². The van der Waals surface area contributed by atoms with Gasteiger partial charge in [0.25, 0.3) is 5.69 Å². The van der Waals surface area contributed by atoms with Crippen LogP contribution in [0.1, 0.15) is 24.1 Å². The summed E-state index contributed by atoms with van der Waals surface area (Å²) in [6.45, 7) is 0.614. The molecule has 0 fully saturated rings. The lowest BCUT2D eigenvalue weighted by molar-refractivity contribution is -0.385. The Kier molecular flexibility index (Phi) is 4.63. The summed E-state index contributed by atoms with van der Waals surface area (Å²) in [5, 5.41) is 15.1. The number of sulfonamides is 1. The van der Waals surface area contributed by atoms with Crippen LogP contribution < -0.4 is 4.72 Å². The normalized spacial score (nSPS) is 14.3. The predicted octanol–water partition coefficient (Wildman–Crippen LogP) is 1.65. The molecule has 8 nitrogen and oxygen atoms in total. The Morgan fingerprint density at radius 1 is 1.29 bits per heavy atom. The maximum Gasteiger partial charge on any atom is 0.270 e. The molecule has 2 aromatic rings. The molecular weight excluding hydrogens is 332 g/mol. The maximum atomic E-state index is 12.3. The molecule has 0 saturated heterocycles. The monoisotopic (exact) mass is 350 g/mol. The lowest BCUT2D eigenvalue weighted by Gasteiger charge is -2.14. The van der Waals surface area contributed by atoms with Crippen molar-refractivity contribution in [2.75, 3.05) is 6.54 Å². The highest BCUT2D eigenvalue weighted by molar-refractivity contribution is 7.89. The number of aromatic nitrogens is 2. The fraction of sp³-hybridized carbons (Fsp3) is 0.400. The summed E-state index contributed by atoms with van der Waals surface area (Å²) in [6.07, 6.45) is 6.13. The molecule has 0 unspecified atom stereocenters. The number of nitro benzene ring substituents is 1. The smallest absolute Gasteiger partial charge is 0.268 e. The van der Waals surface area contributed by atoms with Crippen molar-refractivity contribution in [1.29, 1.82) is 0 Å². The minimum absolute atomic E-state index is 0.112. The lowest BCUT2D eigenvalue weighted by atomic mass is 9.98. The highest BCUT2D eigenvalue weighted by atomic mass is 32.2. The molecule has 1 heterocycles. The van der Waals surface area contributed by atoms with Gasteiger partial charge in [-0.25, -0.2) is 13.1 Å². The van der Waals surface area contributed by atoms with Gasteiger partial charge in [-0.05, 0) is 37.3 Å². The second-order valence-corrected chi connectivity index (χ2v) is 7.47. The third kappa shape index (κ3) is 3.46. The Bertz CT molecular complexity index is 860. The third-order valence-electron chi connectivity index (χ3n) is 4.10. The van der Waals surface area contributed by atoms with Crippen LogP contribution in [0.15, 0.2) is 35.4 Å². The van der Waals surface area contributed by atoms with E-state index in [2.05, 4.69) is 9.82 Å². The van der Waals surface area contributed by atoms with E-state index in [0.29, 0.717) is 6.54 Å². The number of aryl methyl sites for hydroxylation is 1. The Hall–Kier alpha value is -2.26. The predicted molar refractivity (Wildman–Crippen MR) is 87.2 cm³/mol. The van der Waals surface area contributed by atoms with Gasteiger partial charge in [-0.1, -0.05) is 6.07 Å². The molecule has 0 bridgehead atoms. The van der Waals surface area contributed by atoms with Gasteiger partial charge in [-0.15, -0.1) is 0 Å². The number of rotatable bonds is 6. The Balaban J connectivity index is 1.66. The Labute approximate surface area is 139 Å². The number of fused-ring (bicyclic) bond motifs is 1. The molecular formula is C15H18N4O4S. The van der Waals surface area contributed by atoms with Crippen molar-refractivity contribution in [3.05, 3.63) is 51.8 Å². The number of benzene rings is 1.